The Bertz CT molecular complexity index is 1310. The molecule has 3 N–H and O–H groups in total. The molecule has 0 aliphatic heterocycles. The molecule has 1 aromatic heterocycles. The van der Waals surface area contributed by atoms with Gasteiger partial charge in [0.2, 0.25) is 0 Å². The van der Waals surface area contributed by atoms with Crippen LogP contribution in [0.25, 0.3) is 33.9 Å². The van der Waals surface area contributed by atoms with Crippen LogP contribution in [-0.2, 0) is 0 Å². The Morgan fingerprint density at radius 2 is 1.63 bits per heavy atom. The number of rotatable bonds is 2. The van der Waals surface area contributed by atoms with E-state index in [-0.39, 0.29) is 11.6 Å². The first kappa shape index (κ1) is 15.4. The molecule has 130 valence electrons. The van der Waals surface area contributed by atoms with Crippen LogP contribution >= 0.6 is 0 Å². The average molecular weight is 353 g/mol. The van der Waals surface area contributed by atoms with Crippen molar-refractivity contribution < 1.29 is 4.42 Å². The lowest BCUT2D eigenvalue weighted by molar-refractivity contribution is 0.564. The quantitative estimate of drug-likeness (QED) is 0.240. The van der Waals surface area contributed by atoms with Crippen LogP contribution in [0.3, 0.4) is 0 Å². The molecule has 1 heterocycles. The molecule has 0 fully saturated rings. The minimum atomic E-state index is -0.509. The van der Waals surface area contributed by atoms with Gasteiger partial charge in [-0.1, -0.05) is 54.6 Å². The first-order valence-corrected chi connectivity index (χ1v) is 8.58. The Kier molecular flexibility index (Phi) is 3.33. The maximum atomic E-state index is 12.2. The van der Waals surface area contributed by atoms with E-state index < -0.39 is 5.63 Å². The molecule has 3 aromatic carbocycles. The summed E-state index contributed by atoms with van der Waals surface area (Å²) < 4.78 is 5.30. The van der Waals surface area contributed by atoms with Crippen molar-refractivity contribution in [1.29, 1.82) is 5.41 Å². The molecule has 1 aliphatic rings. The molecule has 0 saturated carbocycles. The van der Waals surface area contributed by atoms with Gasteiger partial charge in [-0.25, -0.2) is 4.79 Å². The SMILES string of the molecule is N=C(Nc1cc2ccccc2oc1=O)Nc1ccc2c3c(cccc13)C=C2. The smallest absolute Gasteiger partial charge is 0.360 e. The number of para-hydroxylation sites is 1. The summed E-state index contributed by atoms with van der Waals surface area (Å²) >= 11 is 0. The highest BCUT2D eigenvalue weighted by Gasteiger charge is 2.13. The van der Waals surface area contributed by atoms with Gasteiger partial charge in [0.1, 0.15) is 11.3 Å². The zero-order valence-corrected chi connectivity index (χ0v) is 14.2. The van der Waals surface area contributed by atoms with Crippen molar-refractivity contribution in [3.8, 4) is 0 Å². The lowest BCUT2D eigenvalue weighted by atomic mass is 10.0. The van der Waals surface area contributed by atoms with Crippen LogP contribution in [0, 0.1) is 5.41 Å². The van der Waals surface area contributed by atoms with Crippen molar-refractivity contribution in [3.63, 3.8) is 0 Å². The van der Waals surface area contributed by atoms with Gasteiger partial charge in [-0.05, 0) is 34.7 Å². The third-order valence-electron chi connectivity index (χ3n) is 4.71. The summed E-state index contributed by atoms with van der Waals surface area (Å²) in [6.07, 6.45) is 4.18. The minimum absolute atomic E-state index is 0.00393. The third kappa shape index (κ3) is 2.57. The van der Waals surface area contributed by atoms with Crippen LogP contribution in [0.2, 0.25) is 0 Å². The fraction of sp³-hybridized carbons (Fsp3) is 0. The molecule has 0 saturated heterocycles. The summed E-state index contributed by atoms with van der Waals surface area (Å²) in [6, 6.07) is 19.0. The van der Waals surface area contributed by atoms with Crippen LogP contribution in [-0.4, -0.2) is 5.96 Å². The zero-order chi connectivity index (χ0) is 18.4. The molecule has 0 spiro atoms. The molecular formula is C22H15N3O2. The highest BCUT2D eigenvalue weighted by molar-refractivity contribution is 6.13. The van der Waals surface area contributed by atoms with Crippen LogP contribution in [0.1, 0.15) is 11.1 Å². The first-order chi connectivity index (χ1) is 13.2. The van der Waals surface area contributed by atoms with Crippen LogP contribution in [0.4, 0.5) is 11.4 Å². The Hall–Kier alpha value is -3.86. The predicted octanol–water partition coefficient (Wildman–Crippen LogP) is 4.89. The fourth-order valence-electron chi connectivity index (χ4n) is 3.48. The van der Waals surface area contributed by atoms with E-state index in [0.29, 0.717) is 5.58 Å². The lowest BCUT2D eigenvalue weighted by Gasteiger charge is -2.13. The van der Waals surface area contributed by atoms with E-state index in [0.717, 1.165) is 16.5 Å². The summed E-state index contributed by atoms with van der Waals surface area (Å²) in [5, 5.41) is 17.1. The molecule has 5 heteroatoms. The van der Waals surface area contributed by atoms with Gasteiger partial charge < -0.3 is 15.1 Å². The number of fused-ring (bicyclic) bond motifs is 1. The van der Waals surface area contributed by atoms with Crippen molar-refractivity contribution >= 4 is 51.2 Å². The minimum Gasteiger partial charge on any atom is -0.421 e. The summed E-state index contributed by atoms with van der Waals surface area (Å²) in [5.74, 6) is 0.00393. The van der Waals surface area contributed by atoms with Gasteiger partial charge in [0.05, 0.1) is 0 Å². The van der Waals surface area contributed by atoms with Crippen LogP contribution < -0.4 is 16.3 Å². The Morgan fingerprint density at radius 1 is 0.852 bits per heavy atom. The van der Waals surface area contributed by atoms with Crippen molar-refractivity contribution in [2.75, 3.05) is 10.6 Å². The average Bonchev–Trinajstić information content (AvgIpc) is 3.09. The van der Waals surface area contributed by atoms with E-state index >= 15 is 0 Å². The second-order valence-electron chi connectivity index (χ2n) is 6.42. The van der Waals surface area contributed by atoms with E-state index in [1.54, 1.807) is 12.1 Å². The maximum absolute atomic E-state index is 12.2. The summed E-state index contributed by atoms with van der Waals surface area (Å²) in [7, 11) is 0. The zero-order valence-electron chi connectivity index (χ0n) is 14.2. The number of benzene rings is 3. The first-order valence-electron chi connectivity index (χ1n) is 8.58. The normalized spacial score (nSPS) is 11.9. The topological polar surface area (TPSA) is 78.1 Å². The van der Waals surface area contributed by atoms with Crippen molar-refractivity contribution in [1.82, 2.24) is 0 Å². The van der Waals surface area contributed by atoms with Gasteiger partial charge in [-0.2, -0.15) is 0 Å². The number of guanidine groups is 1. The standard InChI is InChI=1S/C22H15N3O2/c23-22(25-18-12-15-4-1-2-7-19(15)27-21(18)26)24-17-11-10-14-9-8-13-5-3-6-16(17)20(13)14/h1-12H,(H3,23,24,25). The highest BCUT2D eigenvalue weighted by Crippen LogP contribution is 2.35. The van der Waals surface area contributed by atoms with E-state index in [4.69, 9.17) is 9.83 Å². The summed E-state index contributed by atoms with van der Waals surface area (Å²) in [6.45, 7) is 0. The van der Waals surface area contributed by atoms with Crippen LogP contribution in [0.15, 0.2) is 69.9 Å². The monoisotopic (exact) mass is 353 g/mol. The number of hydrogen-bond acceptors (Lipinski definition) is 3. The second-order valence-corrected chi connectivity index (χ2v) is 6.42. The Morgan fingerprint density at radius 3 is 2.52 bits per heavy atom. The Balaban J connectivity index is 1.46. The largest absolute Gasteiger partial charge is 0.421 e. The molecule has 4 aromatic rings. The third-order valence-corrected chi connectivity index (χ3v) is 4.71. The lowest BCUT2D eigenvalue weighted by Crippen LogP contribution is -2.24. The molecule has 0 radical (unpaired) electrons. The number of nitrogens with one attached hydrogen (secondary N) is 3. The fourth-order valence-corrected chi connectivity index (χ4v) is 3.48. The molecule has 0 unspecified atom stereocenters. The summed E-state index contributed by atoms with van der Waals surface area (Å²) in [5.41, 5.74) is 3.37. The molecule has 5 nitrogen and oxygen atoms in total. The molecule has 0 bridgehead atoms. The maximum Gasteiger partial charge on any atom is 0.360 e. The molecule has 1 aliphatic carbocycles. The van der Waals surface area contributed by atoms with E-state index in [1.165, 1.54) is 16.5 Å². The van der Waals surface area contributed by atoms with Gasteiger partial charge in [-0.3, -0.25) is 5.41 Å². The van der Waals surface area contributed by atoms with Gasteiger partial charge in [-0.15, -0.1) is 0 Å². The summed E-state index contributed by atoms with van der Waals surface area (Å²) in [4.78, 5) is 12.2. The predicted molar refractivity (Wildman–Crippen MR) is 110 cm³/mol. The number of anilines is 2. The van der Waals surface area contributed by atoms with Crippen molar-refractivity contribution in [3.05, 3.63) is 82.2 Å². The van der Waals surface area contributed by atoms with E-state index in [1.807, 2.05) is 42.5 Å². The number of hydrogen-bond donors (Lipinski definition) is 3. The van der Waals surface area contributed by atoms with Gasteiger partial charge in [0.15, 0.2) is 5.96 Å². The Labute approximate surface area is 154 Å². The van der Waals surface area contributed by atoms with Gasteiger partial charge >= 0.3 is 5.63 Å². The second kappa shape index (κ2) is 5.85. The molecule has 27 heavy (non-hydrogen) atoms. The van der Waals surface area contributed by atoms with Gasteiger partial charge in [0.25, 0.3) is 0 Å². The molecular weight excluding hydrogens is 338 g/mol. The van der Waals surface area contributed by atoms with E-state index in [9.17, 15) is 4.79 Å². The molecule has 5 rings (SSSR count). The molecule has 0 atom stereocenters. The van der Waals surface area contributed by atoms with Gasteiger partial charge in [0, 0.05) is 16.5 Å². The van der Waals surface area contributed by atoms with Crippen molar-refractivity contribution in [2.24, 2.45) is 0 Å². The highest BCUT2D eigenvalue weighted by atomic mass is 16.4. The molecule has 0 amide bonds. The van der Waals surface area contributed by atoms with Crippen LogP contribution in [0.5, 0.6) is 0 Å². The van der Waals surface area contributed by atoms with Crippen molar-refractivity contribution in [2.45, 2.75) is 0 Å². The van der Waals surface area contributed by atoms with E-state index in [2.05, 4.69) is 28.9 Å².